The number of carbonyl (C=O) groups is 2. The number of hydrogen-bond acceptors (Lipinski definition) is 6. The molecule has 9 nitrogen and oxygen atoms in total. The molecule has 1 atom stereocenters. The normalized spacial score (nSPS) is 11.3. The second kappa shape index (κ2) is 11.5. The summed E-state index contributed by atoms with van der Waals surface area (Å²) in [6.07, 6.45) is 0.585. The molecule has 2 rings (SSSR count). The van der Waals surface area contributed by atoms with Crippen molar-refractivity contribution in [2.24, 2.45) is 0 Å². The summed E-state index contributed by atoms with van der Waals surface area (Å²) in [6, 6.07) is 13.0. The van der Waals surface area contributed by atoms with Gasteiger partial charge in [0.25, 0.3) is 5.91 Å². The quantitative estimate of drug-likeness (QED) is 0.434. The lowest BCUT2D eigenvalue weighted by Gasteiger charge is -2.28. The average Bonchev–Trinajstić information content (AvgIpc) is 2.78. The smallest absolute Gasteiger partial charge is 0.311 e. The van der Waals surface area contributed by atoms with E-state index in [-0.39, 0.29) is 35.6 Å². The highest BCUT2D eigenvalue weighted by Crippen LogP contribution is 2.30. The van der Waals surface area contributed by atoms with Gasteiger partial charge in [-0.05, 0) is 31.9 Å². The molecule has 166 valence electrons. The van der Waals surface area contributed by atoms with E-state index in [0.717, 1.165) is 5.56 Å². The van der Waals surface area contributed by atoms with Crippen molar-refractivity contribution in [3.63, 3.8) is 0 Å². The number of nitro groups is 1. The van der Waals surface area contributed by atoms with Gasteiger partial charge in [-0.1, -0.05) is 30.3 Å². The monoisotopic (exact) mass is 429 g/mol. The molecule has 2 aromatic rings. The Kier molecular flexibility index (Phi) is 8.80. The van der Waals surface area contributed by atoms with Crippen molar-refractivity contribution < 1.29 is 24.0 Å². The van der Waals surface area contributed by atoms with Crippen LogP contribution in [0.2, 0.25) is 0 Å². The zero-order valence-corrected chi connectivity index (χ0v) is 17.9. The van der Waals surface area contributed by atoms with Crippen molar-refractivity contribution in [1.29, 1.82) is 0 Å². The molecule has 0 radical (unpaired) electrons. The van der Waals surface area contributed by atoms with E-state index in [1.165, 1.54) is 30.2 Å². The fraction of sp³-hybridized carbons (Fsp3) is 0.364. The summed E-state index contributed by atoms with van der Waals surface area (Å²) in [5, 5.41) is 13.7. The zero-order chi connectivity index (χ0) is 22.8. The summed E-state index contributed by atoms with van der Waals surface area (Å²) in [5.74, 6) is -0.330. The van der Waals surface area contributed by atoms with Crippen molar-refractivity contribution in [3.05, 3.63) is 64.2 Å². The highest BCUT2D eigenvalue weighted by atomic mass is 16.6. The number of benzene rings is 2. The topological polar surface area (TPSA) is 111 Å². The molecule has 2 amide bonds. The molecule has 9 heteroatoms. The Morgan fingerprint density at radius 2 is 1.90 bits per heavy atom. The molecule has 0 unspecified atom stereocenters. The van der Waals surface area contributed by atoms with E-state index in [4.69, 9.17) is 9.47 Å². The fourth-order valence-corrected chi connectivity index (χ4v) is 3.02. The standard InChI is InChI=1S/C22H27N3O6/c1-4-23-22(27)16(2)24(13-12-17-8-6-5-7-9-17)21(26)15-31-18-10-11-19(25(28)29)20(14-18)30-3/h5-11,14,16H,4,12-13,15H2,1-3H3,(H,23,27)/t16-/m0/s1. The predicted molar refractivity (Wildman–Crippen MR) is 115 cm³/mol. The summed E-state index contributed by atoms with van der Waals surface area (Å²) in [4.78, 5) is 37.2. The molecular weight excluding hydrogens is 402 g/mol. The van der Waals surface area contributed by atoms with Crippen molar-refractivity contribution in [2.75, 3.05) is 26.8 Å². The molecule has 2 aromatic carbocycles. The lowest BCUT2D eigenvalue weighted by molar-refractivity contribution is -0.385. The van der Waals surface area contributed by atoms with Gasteiger partial charge >= 0.3 is 5.69 Å². The van der Waals surface area contributed by atoms with Gasteiger partial charge < -0.3 is 19.7 Å². The van der Waals surface area contributed by atoms with Crippen LogP contribution in [0.25, 0.3) is 0 Å². The molecule has 0 saturated carbocycles. The molecule has 0 spiro atoms. The number of nitro benzene ring substituents is 1. The van der Waals surface area contributed by atoms with E-state index in [1.54, 1.807) is 6.92 Å². The third kappa shape index (κ3) is 6.70. The lowest BCUT2D eigenvalue weighted by Crippen LogP contribution is -2.50. The molecule has 0 fully saturated rings. The second-order valence-electron chi connectivity index (χ2n) is 6.77. The van der Waals surface area contributed by atoms with Crippen LogP contribution < -0.4 is 14.8 Å². The maximum atomic E-state index is 12.9. The van der Waals surface area contributed by atoms with E-state index in [1.807, 2.05) is 37.3 Å². The van der Waals surface area contributed by atoms with Crippen LogP contribution in [0.4, 0.5) is 5.69 Å². The molecule has 0 aliphatic heterocycles. The SMILES string of the molecule is CCNC(=O)[C@H](C)N(CCc1ccccc1)C(=O)COc1ccc([N+](=O)[O-])c(OC)c1. The Morgan fingerprint density at radius 1 is 1.19 bits per heavy atom. The van der Waals surface area contributed by atoms with Gasteiger partial charge in [-0.2, -0.15) is 0 Å². The van der Waals surface area contributed by atoms with Crippen LogP contribution in [-0.2, 0) is 16.0 Å². The molecule has 0 aliphatic carbocycles. The van der Waals surface area contributed by atoms with Gasteiger partial charge in [0.2, 0.25) is 11.7 Å². The summed E-state index contributed by atoms with van der Waals surface area (Å²) in [7, 11) is 1.32. The molecule has 0 aliphatic rings. The first-order valence-corrected chi connectivity index (χ1v) is 9.93. The maximum absolute atomic E-state index is 12.9. The summed E-state index contributed by atoms with van der Waals surface area (Å²) < 4.78 is 10.6. The minimum absolute atomic E-state index is 0.0339. The highest BCUT2D eigenvalue weighted by Gasteiger charge is 2.26. The molecule has 1 N–H and O–H groups in total. The minimum atomic E-state index is -0.675. The van der Waals surface area contributed by atoms with E-state index in [9.17, 15) is 19.7 Å². The number of likely N-dealkylation sites (N-methyl/N-ethyl adjacent to an activating group) is 1. The van der Waals surface area contributed by atoms with Crippen molar-refractivity contribution in [2.45, 2.75) is 26.3 Å². The number of hydrogen-bond donors (Lipinski definition) is 1. The van der Waals surface area contributed by atoms with Gasteiger partial charge in [-0.15, -0.1) is 0 Å². The second-order valence-corrected chi connectivity index (χ2v) is 6.77. The minimum Gasteiger partial charge on any atom is -0.490 e. The molecule has 0 heterocycles. The van der Waals surface area contributed by atoms with Crippen LogP contribution >= 0.6 is 0 Å². The first-order valence-electron chi connectivity index (χ1n) is 9.93. The fourth-order valence-electron chi connectivity index (χ4n) is 3.02. The Balaban J connectivity index is 2.10. The first-order chi connectivity index (χ1) is 14.9. The first kappa shape index (κ1) is 23.7. The molecule has 0 saturated heterocycles. The number of ether oxygens (including phenoxy) is 2. The van der Waals surface area contributed by atoms with Crippen molar-refractivity contribution in [3.8, 4) is 11.5 Å². The average molecular weight is 429 g/mol. The van der Waals surface area contributed by atoms with E-state index in [2.05, 4.69) is 5.32 Å². The number of nitrogens with zero attached hydrogens (tertiary/aromatic N) is 2. The Labute approximate surface area is 181 Å². The van der Waals surface area contributed by atoms with Crippen LogP contribution in [-0.4, -0.2) is 54.5 Å². The van der Waals surface area contributed by atoms with Gasteiger partial charge in [-0.3, -0.25) is 19.7 Å². The molecular formula is C22H27N3O6. The largest absolute Gasteiger partial charge is 0.490 e. The summed E-state index contributed by atoms with van der Waals surface area (Å²) in [6.45, 7) is 3.96. The number of carbonyl (C=O) groups excluding carboxylic acids is 2. The lowest BCUT2D eigenvalue weighted by atomic mass is 10.1. The van der Waals surface area contributed by atoms with Crippen LogP contribution in [0.3, 0.4) is 0 Å². The van der Waals surface area contributed by atoms with Crippen LogP contribution in [0, 0.1) is 10.1 Å². The number of amides is 2. The zero-order valence-electron chi connectivity index (χ0n) is 17.9. The van der Waals surface area contributed by atoms with Crippen LogP contribution in [0.15, 0.2) is 48.5 Å². The number of methoxy groups -OCH3 is 1. The van der Waals surface area contributed by atoms with Gasteiger partial charge in [0.1, 0.15) is 11.8 Å². The molecule has 0 bridgehead atoms. The van der Waals surface area contributed by atoms with Crippen molar-refractivity contribution in [1.82, 2.24) is 10.2 Å². The van der Waals surface area contributed by atoms with E-state index in [0.29, 0.717) is 19.5 Å². The third-order valence-electron chi connectivity index (χ3n) is 4.71. The number of rotatable bonds is 11. The summed E-state index contributed by atoms with van der Waals surface area (Å²) >= 11 is 0. The maximum Gasteiger partial charge on any atom is 0.311 e. The highest BCUT2D eigenvalue weighted by molar-refractivity contribution is 5.87. The van der Waals surface area contributed by atoms with Crippen LogP contribution in [0.5, 0.6) is 11.5 Å². The third-order valence-corrected chi connectivity index (χ3v) is 4.71. The van der Waals surface area contributed by atoms with Gasteiger partial charge in [0.05, 0.1) is 12.0 Å². The van der Waals surface area contributed by atoms with Gasteiger partial charge in [-0.25, -0.2) is 0 Å². The van der Waals surface area contributed by atoms with Gasteiger partial charge in [0, 0.05) is 25.2 Å². The van der Waals surface area contributed by atoms with Crippen LogP contribution in [0.1, 0.15) is 19.4 Å². The van der Waals surface area contributed by atoms with E-state index < -0.39 is 11.0 Å². The summed E-state index contributed by atoms with van der Waals surface area (Å²) in [5.41, 5.74) is 0.847. The molecule has 0 aromatic heterocycles. The number of nitrogens with one attached hydrogen (secondary N) is 1. The Hall–Kier alpha value is -3.62. The Morgan fingerprint density at radius 3 is 2.52 bits per heavy atom. The Bertz CT molecular complexity index is 903. The van der Waals surface area contributed by atoms with Crippen molar-refractivity contribution >= 4 is 17.5 Å². The van der Waals surface area contributed by atoms with E-state index >= 15 is 0 Å². The molecule has 31 heavy (non-hydrogen) atoms. The van der Waals surface area contributed by atoms with Gasteiger partial charge in [0.15, 0.2) is 6.61 Å². The predicted octanol–water partition coefficient (Wildman–Crippen LogP) is 2.58.